The summed E-state index contributed by atoms with van der Waals surface area (Å²) in [7, 11) is 3.08. The molecule has 2 amide bonds. The molecule has 3 rings (SSSR count). The third-order valence-electron chi connectivity index (χ3n) is 6.05. The van der Waals surface area contributed by atoms with Gasteiger partial charge in [0.2, 0.25) is 11.8 Å². The van der Waals surface area contributed by atoms with Crippen molar-refractivity contribution in [1.82, 2.24) is 10.2 Å². The first-order chi connectivity index (χ1) is 17.2. The van der Waals surface area contributed by atoms with Crippen LogP contribution in [0, 0.1) is 0 Å². The highest BCUT2D eigenvalue weighted by molar-refractivity contribution is 8.14. The number of hydrogen-bond acceptors (Lipinski definition) is 7. The lowest BCUT2D eigenvalue weighted by Gasteiger charge is -2.30. The first kappa shape index (κ1) is 27.1. The van der Waals surface area contributed by atoms with Gasteiger partial charge in [0.25, 0.3) is 0 Å². The molecular weight excluding hydrogens is 484 g/mol. The molecular formula is C26H30N2O7S. The van der Waals surface area contributed by atoms with E-state index in [0.29, 0.717) is 23.5 Å². The number of carbonyl (C=O) groups excluding carboxylic acids is 3. The molecule has 0 spiro atoms. The van der Waals surface area contributed by atoms with Crippen molar-refractivity contribution >= 4 is 34.7 Å². The molecule has 2 aromatic rings. The van der Waals surface area contributed by atoms with Crippen LogP contribution in [0.4, 0.5) is 0 Å². The zero-order chi connectivity index (χ0) is 26.2. The highest BCUT2D eigenvalue weighted by Crippen LogP contribution is 2.40. The van der Waals surface area contributed by atoms with Crippen LogP contribution in [0.5, 0.6) is 11.5 Å². The van der Waals surface area contributed by atoms with Crippen LogP contribution in [-0.2, 0) is 25.6 Å². The van der Waals surface area contributed by atoms with Gasteiger partial charge in [0.05, 0.1) is 32.1 Å². The van der Waals surface area contributed by atoms with Crippen LogP contribution in [0.25, 0.3) is 0 Å². The molecule has 9 nitrogen and oxygen atoms in total. The minimum atomic E-state index is -1.10. The Morgan fingerprint density at radius 3 is 2.36 bits per heavy atom. The van der Waals surface area contributed by atoms with Crippen molar-refractivity contribution in [3.63, 3.8) is 0 Å². The van der Waals surface area contributed by atoms with Crippen LogP contribution < -0.4 is 14.8 Å². The lowest BCUT2D eigenvalue weighted by atomic mass is 10.0. The fraction of sp³-hybridized carbons (Fsp3) is 0.385. The summed E-state index contributed by atoms with van der Waals surface area (Å²) in [6.45, 7) is 0.996. The number of thioether (sulfide) groups is 1. The molecule has 1 aliphatic rings. The average Bonchev–Trinajstić information content (AvgIpc) is 3.32. The summed E-state index contributed by atoms with van der Waals surface area (Å²) in [5, 5.41) is 11.4. The fourth-order valence-electron chi connectivity index (χ4n) is 4.38. The van der Waals surface area contributed by atoms with Crippen molar-refractivity contribution in [2.75, 3.05) is 20.8 Å². The standard InChI is InChI=1S/C26H30N2O7S/c1-16(29)36-23(14-17-8-10-18(34-2)11-9-17)25(31)27-15-24(30)28-20(12-13-21(28)26(32)33)19-6-4-5-7-22(19)35-3/h4-11,20-21,23H,12-15H2,1-3H3,(H,27,31)(H,32,33). The number of methoxy groups -OCH3 is 2. The highest BCUT2D eigenvalue weighted by atomic mass is 32.2. The van der Waals surface area contributed by atoms with Gasteiger partial charge in [0.1, 0.15) is 17.5 Å². The third-order valence-corrected chi connectivity index (χ3v) is 7.05. The molecule has 10 heteroatoms. The lowest BCUT2D eigenvalue weighted by molar-refractivity contribution is -0.149. The van der Waals surface area contributed by atoms with E-state index in [-0.39, 0.29) is 24.5 Å². The number of carboxylic acids is 1. The van der Waals surface area contributed by atoms with Crippen molar-refractivity contribution in [1.29, 1.82) is 0 Å². The van der Waals surface area contributed by atoms with Crippen molar-refractivity contribution in [2.24, 2.45) is 0 Å². The second-order valence-corrected chi connectivity index (χ2v) is 9.74. The first-order valence-corrected chi connectivity index (χ1v) is 12.4. The number of benzene rings is 2. The molecule has 192 valence electrons. The summed E-state index contributed by atoms with van der Waals surface area (Å²) in [5.74, 6) is -0.850. The number of carboxylic acid groups (broad SMARTS) is 1. The maximum atomic E-state index is 13.2. The largest absolute Gasteiger partial charge is 0.497 e. The predicted octanol–water partition coefficient (Wildman–Crippen LogP) is 2.83. The monoisotopic (exact) mass is 514 g/mol. The minimum Gasteiger partial charge on any atom is -0.497 e. The van der Waals surface area contributed by atoms with Gasteiger partial charge in [0, 0.05) is 12.5 Å². The Balaban J connectivity index is 1.73. The molecule has 2 aromatic carbocycles. The SMILES string of the molecule is COc1ccc(CC(SC(C)=O)C(=O)NCC(=O)N2C(C(=O)O)CCC2c2ccccc2OC)cc1. The van der Waals surface area contributed by atoms with Gasteiger partial charge in [-0.05, 0) is 43.0 Å². The van der Waals surface area contributed by atoms with Crippen LogP contribution in [0.15, 0.2) is 48.5 Å². The van der Waals surface area contributed by atoms with E-state index in [9.17, 15) is 24.3 Å². The number of para-hydroxylation sites is 1. The Morgan fingerprint density at radius 1 is 1.06 bits per heavy atom. The topological polar surface area (TPSA) is 122 Å². The smallest absolute Gasteiger partial charge is 0.326 e. The molecule has 0 saturated carbocycles. The third kappa shape index (κ3) is 6.57. The van der Waals surface area contributed by atoms with Crippen LogP contribution in [0.2, 0.25) is 0 Å². The van der Waals surface area contributed by atoms with Gasteiger partial charge in [-0.3, -0.25) is 14.4 Å². The number of nitrogens with one attached hydrogen (secondary N) is 1. The van der Waals surface area contributed by atoms with E-state index >= 15 is 0 Å². The van der Waals surface area contributed by atoms with Gasteiger partial charge in [0.15, 0.2) is 5.12 Å². The summed E-state index contributed by atoms with van der Waals surface area (Å²) in [6, 6.07) is 12.8. The maximum Gasteiger partial charge on any atom is 0.326 e. The molecule has 1 heterocycles. The van der Waals surface area contributed by atoms with Crippen molar-refractivity contribution < 1.29 is 33.8 Å². The van der Waals surface area contributed by atoms with E-state index in [1.54, 1.807) is 43.5 Å². The van der Waals surface area contributed by atoms with Crippen LogP contribution in [0.3, 0.4) is 0 Å². The number of ether oxygens (including phenoxy) is 2. The molecule has 2 N–H and O–H groups in total. The predicted molar refractivity (Wildman–Crippen MR) is 135 cm³/mol. The van der Waals surface area contributed by atoms with Crippen molar-refractivity contribution in [2.45, 2.75) is 43.5 Å². The van der Waals surface area contributed by atoms with E-state index in [2.05, 4.69) is 5.32 Å². The molecule has 0 radical (unpaired) electrons. The fourth-order valence-corrected chi connectivity index (χ4v) is 5.25. The average molecular weight is 515 g/mol. The Hall–Kier alpha value is -3.53. The maximum absolute atomic E-state index is 13.2. The normalized spacial score (nSPS) is 17.8. The number of carbonyl (C=O) groups is 4. The van der Waals surface area contributed by atoms with Gasteiger partial charge < -0.3 is 24.8 Å². The minimum absolute atomic E-state index is 0.225. The number of rotatable bonds is 10. The first-order valence-electron chi connectivity index (χ1n) is 11.5. The summed E-state index contributed by atoms with van der Waals surface area (Å²) < 4.78 is 10.6. The summed E-state index contributed by atoms with van der Waals surface area (Å²) in [4.78, 5) is 51.2. The molecule has 0 bridgehead atoms. The second kappa shape index (κ2) is 12.4. The zero-order valence-electron chi connectivity index (χ0n) is 20.4. The Kier molecular flexibility index (Phi) is 9.35. The summed E-state index contributed by atoms with van der Waals surface area (Å²) >= 11 is 0.886. The Morgan fingerprint density at radius 2 is 1.75 bits per heavy atom. The van der Waals surface area contributed by atoms with Gasteiger partial charge in [-0.1, -0.05) is 42.1 Å². The van der Waals surface area contributed by atoms with Crippen LogP contribution in [0.1, 0.15) is 36.9 Å². The molecule has 1 saturated heterocycles. The number of nitrogens with zero attached hydrogens (tertiary/aromatic N) is 1. The van der Waals surface area contributed by atoms with E-state index in [1.807, 2.05) is 12.1 Å². The summed E-state index contributed by atoms with van der Waals surface area (Å²) in [5.41, 5.74) is 1.55. The molecule has 0 aliphatic carbocycles. The van der Waals surface area contributed by atoms with E-state index in [4.69, 9.17) is 9.47 Å². The molecule has 1 aliphatic heterocycles. The molecule has 3 atom stereocenters. The number of aliphatic carboxylic acids is 1. The van der Waals surface area contributed by atoms with Gasteiger partial charge in [-0.25, -0.2) is 4.79 Å². The van der Waals surface area contributed by atoms with E-state index < -0.39 is 35.1 Å². The van der Waals surface area contributed by atoms with Gasteiger partial charge in [-0.2, -0.15) is 0 Å². The number of likely N-dealkylation sites (tertiary alicyclic amines) is 1. The second-order valence-electron chi connectivity index (χ2n) is 8.36. The van der Waals surface area contributed by atoms with E-state index in [0.717, 1.165) is 17.3 Å². The van der Waals surface area contributed by atoms with Crippen LogP contribution in [-0.4, -0.2) is 65.0 Å². The summed E-state index contributed by atoms with van der Waals surface area (Å²) in [6.07, 6.45) is 1.02. The Labute approximate surface area is 214 Å². The highest BCUT2D eigenvalue weighted by Gasteiger charge is 2.42. The van der Waals surface area contributed by atoms with Gasteiger partial charge in [-0.15, -0.1) is 0 Å². The molecule has 36 heavy (non-hydrogen) atoms. The molecule has 0 aromatic heterocycles. The van der Waals surface area contributed by atoms with Crippen LogP contribution >= 0.6 is 11.8 Å². The van der Waals surface area contributed by atoms with Crippen molar-refractivity contribution in [3.8, 4) is 11.5 Å². The quantitative estimate of drug-likeness (QED) is 0.496. The zero-order valence-corrected chi connectivity index (χ0v) is 21.2. The van der Waals surface area contributed by atoms with Gasteiger partial charge >= 0.3 is 5.97 Å². The molecule has 1 fully saturated rings. The van der Waals surface area contributed by atoms with Crippen molar-refractivity contribution in [3.05, 3.63) is 59.7 Å². The number of amides is 2. The Bertz CT molecular complexity index is 1110. The lowest BCUT2D eigenvalue weighted by Crippen LogP contribution is -2.47. The molecule has 3 unspecified atom stereocenters. The van der Waals surface area contributed by atoms with E-state index in [1.165, 1.54) is 18.9 Å². The number of hydrogen-bond donors (Lipinski definition) is 2.